The van der Waals surface area contributed by atoms with Crippen molar-refractivity contribution in [2.45, 2.75) is 20.5 Å². The lowest BCUT2D eigenvalue weighted by molar-refractivity contribution is 0.111. The number of aldehydes is 1. The molecule has 0 aliphatic heterocycles. The van der Waals surface area contributed by atoms with Crippen molar-refractivity contribution in [3.05, 3.63) is 63.7 Å². The molecule has 0 aromatic heterocycles. The Morgan fingerprint density at radius 2 is 2.00 bits per heavy atom. The van der Waals surface area contributed by atoms with Gasteiger partial charge in [0.1, 0.15) is 12.4 Å². The average molecular weight is 275 g/mol. The minimum absolute atomic E-state index is 0.398. The molecule has 0 unspecified atom stereocenters. The second kappa shape index (κ2) is 5.89. The van der Waals surface area contributed by atoms with Crippen molar-refractivity contribution in [2.75, 3.05) is 0 Å². The van der Waals surface area contributed by atoms with Crippen LogP contribution in [0.2, 0.25) is 5.02 Å². The Labute approximate surface area is 118 Å². The van der Waals surface area contributed by atoms with Gasteiger partial charge in [0.2, 0.25) is 0 Å². The summed E-state index contributed by atoms with van der Waals surface area (Å²) in [7, 11) is 0. The number of ether oxygens (including phenoxy) is 1. The van der Waals surface area contributed by atoms with E-state index in [-0.39, 0.29) is 0 Å². The zero-order valence-electron chi connectivity index (χ0n) is 10.9. The van der Waals surface area contributed by atoms with Gasteiger partial charge in [-0.1, -0.05) is 41.4 Å². The average Bonchev–Trinajstić information content (AvgIpc) is 2.40. The van der Waals surface area contributed by atoms with Crippen LogP contribution in [-0.4, -0.2) is 6.29 Å². The summed E-state index contributed by atoms with van der Waals surface area (Å²) in [4.78, 5) is 11.0. The van der Waals surface area contributed by atoms with Crippen molar-refractivity contribution < 1.29 is 9.53 Å². The van der Waals surface area contributed by atoms with E-state index in [9.17, 15) is 4.79 Å². The Morgan fingerprint density at radius 3 is 2.74 bits per heavy atom. The van der Waals surface area contributed by atoms with Gasteiger partial charge in [0.15, 0.2) is 6.29 Å². The lowest BCUT2D eigenvalue weighted by Crippen LogP contribution is -2.01. The molecule has 2 nitrogen and oxygen atoms in total. The maximum Gasteiger partial charge on any atom is 0.155 e. The molecule has 98 valence electrons. The molecule has 0 saturated carbocycles. The first-order valence-corrected chi connectivity index (χ1v) is 6.42. The second-order valence-electron chi connectivity index (χ2n) is 4.49. The van der Waals surface area contributed by atoms with Gasteiger partial charge in [-0.25, -0.2) is 0 Å². The highest BCUT2D eigenvalue weighted by Crippen LogP contribution is 2.25. The quantitative estimate of drug-likeness (QED) is 0.775. The third-order valence-electron chi connectivity index (χ3n) is 3.02. The Morgan fingerprint density at radius 1 is 1.21 bits per heavy atom. The van der Waals surface area contributed by atoms with E-state index in [0.29, 0.717) is 22.9 Å². The van der Waals surface area contributed by atoms with E-state index >= 15 is 0 Å². The number of hydrogen-bond donors (Lipinski definition) is 0. The summed E-state index contributed by atoms with van der Waals surface area (Å²) in [6.07, 6.45) is 0.723. The summed E-state index contributed by atoms with van der Waals surface area (Å²) in [6, 6.07) is 11.4. The van der Waals surface area contributed by atoms with Gasteiger partial charge in [-0.05, 0) is 37.1 Å². The van der Waals surface area contributed by atoms with E-state index in [1.54, 1.807) is 18.2 Å². The summed E-state index contributed by atoms with van der Waals surface area (Å²) in [5.74, 6) is 0.517. The van der Waals surface area contributed by atoms with Crippen LogP contribution in [0.3, 0.4) is 0 Å². The zero-order valence-corrected chi connectivity index (χ0v) is 11.7. The summed E-state index contributed by atoms with van der Waals surface area (Å²) in [5.41, 5.74) is 3.86. The van der Waals surface area contributed by atoms with Crippen molar-refractivity contribution in [3.8, 4) is 5.75 Å². The SMILES string of the molecule is Cc1ccc(C)c(COc2cccc(Cl)c2C=O)c1. The monoisotopic (exact) mass is 274 g/mol. The highest BCUT2D eigenvalue weighted by Gasteiger charge is 2.08. The van der Waals surface area contributed by atoms with Gasteiger partial charge in [-0.15, -0.1) is 0 Å². The van der Waals surface area contributed by atoms with Crippen molar-refractivity contribution in [2.24, 2.45) is 0 Å². The molecule has 0 aliphatic carbocycles. The van der Waals surface area contributed by atoms with Gasteiger partial charge in [0.05, 0.1) is 10.6 Å². The number of halogens is 1. The first kappa shape index (κ1) is 13.6. The van der Waals surface area contributed by atoms with Crippen molar-refractivity contribution in [1.29, 1.82) is 0 Å². The van der Waals surface area contributed by atoms with Crippen LogP contribution in [0.5, 0.6) is 5.75 Å². The number of carbonyl (C=O) groups is 1. The fourth-order valence-corrected chi connectivity index (χ4v) is 2.08. The van der Waals surface area contributed by atoms with Crippen molar-refractivity contribution >= 4 is 17.9 Å². The summed E-state index contributed by atoms with van der Waals surface area (Å²) in [6.45, 7) is 4.50. The Hall–Kier alpha value is -1.80. The molecule has 0 aliphatic rings. The highest BCUT2D eigenvalue weighted by molar-refractivity contribution is 6.33. The lowest BCUT2D eigenvalue weighted by Gasteiger charge is -2.11. The van der Waals surface area contributed by atoms with Gasteiger partial charge < -0.3 is 4.74 Å². The van der Waals surface area contributed by atoms with E-state index in [1.807, 2.05) is 13.8 Å². The Balaban J connectivity index is 2.21. The van der Waals surface area contributed by atoms with Gasteiger partial charge in [-0.2, -0.15) is 0 Å². The van der Waals surface area contributed by atoms with E-state index in [2.05, 4.69) is 18.2 Å². The van der Waals surface area contributed by atoms with Crippen LogP contribution in [0.1, 0.15) is 27.0 Å². The molecule has 0 fully saturated rings. The molecule has 0 heterocycles. The van der Waals surface area contributed by atoms with E-state index in [4.69, 9.17) is 16.3 Å². The molecule has 0 spiro atoms. The van der Waals surface area contributed by atoms with Crippen LogP contribution in [0.25, 0.3) is 0 Å². The molecule has 2 aromatic carbocycles. The largest absolute Gasteiger partial charge is 0.488 e. The molecule has 2 rings (SSSR count). The molecule has 19 heavy (non-hydrogen) atoms. The van der Waals surface area contributed by atoms with Crippen LogP contribution in [-0.2, 0) is 6.61 Å². The van der Waals surface area contributed by atoms with Crippen LogP contribution in [0.15, 0.2) is 36.4 Å². The molecular weight excluding hydrogens is 260 g/mol. The number of rotatable bonds is 4. The second-order valence-corrected chi connectivity index (χ2v) is 4.90. The predicted octanol–water partition coefficient (Wildman–Crippen LogP) is 4.35. The predicted molar refractivity (Wildman–Crippen MR) is 77.1 cm³/mol. The third-order valence-corrected chi connectivity index (χ3v) is 3.35. The molecule has 2 aromatic rings. The lowest BCUT2D eigenvalue weighted by atomic mass is 10.1. The molecule has 0 bridgehead atoms. The van der Waals surface area contributed by atoms with Crippen molar-refractivity contribution in [1.82, 2.24) is 0 Å². The molecular formula is C16H15ClO2. The van der Waals surface area contributed by atoms with Gasteiger partial charge in [0.25, 0.3) is 0 Å². The summed E-state index contributed by atoms with van der Waals surface area (Å²) >= 11 is 5.96. The standard InChI is InChI=1S/C16H15ClO2/c1-11-6-7-12(2)13(8-11)10-19-16-5-3-4-15(17)14(16)9-18/h3-9H,10H2,1-2H3. The van der Waals surface area contributed by atoms with Gasteiger partial charge in [0, 0.05) is 0 Å². The van der Waals surface area contributed by atoms with Crippen LogP contribution in [0.4, 0.5) is 0 Å². The van der Waals surface area contributed by atoms with Crippen LogP contribution >= 0.6 is 11.6 Å². The van der Waals surface area contributed by atoms with Gasteiger partial charge in [-0.3, -0.25) is 4.79 Å². The Bertz CT molecular complexity index is 606. The number of hydrogen-bond acceptors (Lipinski definition) is 2. The fraction of sp³-hybridized carbons (Fsp3) is 0.188. The summed E-state index contributed by atoms with van der Waals surface area (Å²) in [5, 5.41) is 0.411. The first-order chi connectivity index (χ1) is 9.11. The van der Waals surface area contributed by atoms with Crippen molar-refractivity contribution in [3.63, 3.8) is 0 Å². The molecule has 0 amide bonds. The maximum absolute atomic E-state index is 11.0. The molecule has 0 atom stereocenters. The number of benzene rings is 2. The molecule has 0 N–H and O–H groups in total. The maximum atomic E-state index is 11.0. The third kappa shape index (κ3) is 3.15. The van der Waals surface area contributed by atoms with Gasteiger partial charge >= 0.3 is 0 Å². The molecule has 3 heteroatoms. The van der Waals surface area contributed by atoms with E-state index in [0.717, 1.165) is 11.8 Å². The Kier molecular flexibility index (Phi) is 4.23. The van der Waals surface area contributed by atoms with Crippen LogP contribution < -0.4 is 4.74 Å². The van der Waals surface area contributed by atoms with E-state index in [1.165, 1.54) is 11.1 Å². The summed E-state index contributed by atoms with van der Waals surface area (Å²) < 4.78 is 5.72. The van der Waals surface area contributed by atoms with Crippen LogP contribution in [0, 0.1) is 13.8 Å². The smallest absolute Gasteiger partial charge is 0.155 e. The topological polar surface area (TPSA) is 26.3 Å². The first-order valence-electron chi connectivity index (χ1n) is 6.04. The molecule has 0 saturated heterocycles. The normalized spacial score (nSPS) is 10.3. The van der Waals surface area contributed by atoms with E-state index < -0.39 is 0 Å². The highest BCUT2D eigenvalue weighted by atomic mass is 35.5. The zero-order chi connectivity index (χ0) is 13.8. The molecule has 0 radical (unpaired) electrons. The number of aryl methyl sites for hydroxylation is 2. The minimum atomic E-state index is 0.398. The minimum Gasteiger partial charge on any atom is -0.488 e. The number of carbonyl (C=O) groups excluding carboxylic acids is 1. The fourth-order valence-electron chi connectivity index (χ4n) is 1.87.